The third-order valence-electron chi connectivity index (χ3n) is 6.81. The standard InChI is InChI=1S/C22H26N4O2S/c1-2-25-21(28)26(18-13-16-5-3-4-6-17(16)14-18)20(27)22(25)7-10-24(11-8-22)15-19-23-9-12-29-19/h3-6,9,12,18H,2,7-8,10-11,13-15H2,1H3. The fourth-order valence-corrected chi connectivity index (χ4v) is 5.96. The molecule has 0 atom stereocenters. The number of likely N-dealkylation sites (N-methyl/N-ethyl adjacent to an activating group) is 1. The van der Waals surface area contributed by atoms with E-state index in [0.717, 1.165) is 37.5 Å². The summed E-state index contributed by atoms with van der Waals surface area (Å²) in [5.41, 5.74) is 1.86. The lowest BCUT2D eigenvalue weighted by atomic mass is 9.85. The van der Waals surface area contributed by atoms with E-state index in [-0.39, 0.29) is 18.0 Å². The van der Waals surface area contributed by atoms with Gasteiger partial charge in [0.05, 0.1) is 6.54 Å². The molecule has 0 radical (unpaired) electrons. The van der Waals surface area contributed by atoms with Gasteiger partial charge in [0, 0.05) is 37.3 Å². The average Bonchev–Trinajstić information content (AvgIpc) is 3.42. The Hall–Kier alpha value is -2.25. The van der Waals surface area contributed by atoms with Gasteiger partial charge in [-0.15, -0.1) is 11.3 Å². The van der Waals surface area contributed by atoms with Crippen LogP contribution < -0.4 is 0 Å². The summed E-state index contributed by atoms with van der Waals surface area (Å²) in [5, 5.41) is 3.10. The fourth-order valence-electron chi connectivity index (χ4n) is 5.30. The first-order valence-electron chi connectivity index (χ1n) is 10.4. The van der Waals surface area contributed by atoms with E-state index < -0.39 is 5.54 Å². The molecule has 2 aliphatic heterocycles. The molecule has 152 valence electrons. The van der Waals surface area contributed by atoms with Crippen molar-refractivity contribution in [3.8, 4) is 0 Å². The van der Waals surface area contributed by atoms with Gasteiger partial charge in [-0.3, -0.25) is 14.6 Å². The Labute approximate surface area is 175 Å². The van der Waals surface area contributed by atoms with Crippen molar-refractivity contribution in [3.63, 3.8) is 0 Å². The molecule has 3 heterocycles. The van der Waals surface area contributed by atoms with E-state index in [9.17, 15) is 9.59 Å². The molecule has 1 spiro atoms. The Morgan fingerprint density at radius 3 is 2.41 bits per heavy atom. The van der Waals surface area contributed by atoms with Crippen molar-refractivity contribution < 1.29 is 9.59 Å². The number of piperidine rings is 1. The van der Waals surface area contributed by atoms with Gasteiger partial charge >= 0.3 is 6.03 Å². The quantitative estimate of drug-likeness (QED) is 0.728. The SMILES string of the molecule is CCN1C(=O)N(C2Cc3ccccc3C2)C(=O)C12CCN(Cc1nccs1)CC2. The van der Waals surface area contributed by atoms with Crippen LogP contribution in [0.1, 0.15) is 35.9 Å². The monoisotopic (exact) mass is 410 g/mol. The maximum atomic E-state index is 13.7. The number of hydrogen-bond donors (Lipinski definition) is 0. The highest BCUT2D eigenvalue weighted by molar-refractivity contribution is 7.09. The number of benzene rings is 1. The zero-order chi connectivity index (χ0) is 20.0. The van der Waals surface area contributed by atoms with Crippen LogP contribution in [0.2, 0.25) is 0 Å². The van der Waals surface area contributed by atoms with Crippen molar-refractivity contribution in [2.75, 3.05) is 19.6 Å². The molecule has 5 rings (SSSR count). The Morgan fingerprint density at radius 2 is 1.83 bits per heavy atom. The third-order valence-corrected chi connectivity index (χ3v) is 7.57. The fraction of sp³-hybridized carbons (Fsp3) is 0.500. The van der Waals surface area contributed by atoms with E-state index in [0.29, 0.717) is 19.4 Å². The number of nitrogens with zero attached hydrogens (tertiary/aromatic N) is 4. The van der Waals surface area contributed by atoms with Gasteiger partial charge in [0.2, 0.25) is 0 Å². The maximum Gasteiger partial charge on any atom is 0.327 e. The van der Waals surface area contributed by atoms with Crippen molar-refractivity contribution in [1.82, 2.24) is 19.7 Å². The molecule has 2 fully saturated rings. The summed E-state index contributed by atoms with van der Waals surface area (Å²) in [6.07, 6.45) is 4.79. The number of aromatic nitrogens is 1. The second-order valence-electron chi connectivity index (χ2n) is 8.27. The zero-order valence-electron chi connectivity index (χ0n) is 16.7. The van der Waals surface area contributed by atoms with Gasteiger partial charge in [0.25, 0.3) is 5.91 Å². The smallest absolute Gasteiger partial charge is 0.310 e. The van der Waals surface area contributed by atoms with E-state index in [1.807, 2.05) is 35.5 Å². The summed E-state index contributed by atoms with van der Waals surface area (Å²) < 4.78 is 0. The van der Waals surface area contributed by atoms with Crippen LogP contribution in [-0.2, 0) is 24.2 Å². The van der Waals surface area contributed by atoms with Gasteiger partial charge in [-0.05, 0) is 43.7 Å². The summed E-state index contributed by atoms with van der Waals surface area (Å²) >= 11 is 1.67. The molecule has 0 unspecified atom stereocenters. The first-order valence-corrected chi connectivity index (χ1v) is 11.3. The maximum absolute atomic E-state index is 13.7. The molecule has 1 aromatic heterocycles. The number of hydrogen-bond acceptors (Lipinski definition) is 5. The molecule has 2 saturated heterocycles. The van der Waals surface area contributed by atoms with Crippen LogP contribution in [0, 0.1) is 0 Å². The van der Waals surface area contributed by atoms with Crippen LogP contribution in [-0.4, -0.2) is 62.8 Å². The number of likely N-dealkylation sites (tertiary alicyclic amines) is 1. The molecule has 0 bridgehead atoms. The van der Waals surface area contributed by atoms with E-state index in [4.69, 9.17) is 0 Å². The van der Waals surface area contributed by atoms with Crippen molar-refractivity contribution in [1.29, 1.82) is 0 Å². The number of fused-ring (bicyclic) bond motifs is 1. The van der Waals surface area contributed by atoms with Gasteiger partial charge in [-0.2, -0.15) is 0 Å². The van der Waals surface area contributed by atoms with Crippen LogP contribution in [0.15, 0.2) is 35.8 Å². The van der Waals surface area contributed by atoms with E-state index in [1.54, 1.807) is 16.2 Å². The number of carbonyl (C=O) groups excluding carboxylic acids is 2. The Morgan fingerprint density at radius 1 is 1.14 bits per heavy atom. The predicted molar refractivity (Wildman–Crippen MR) is 112 cm³/mol. The Balaban J connectivity index is 1.34. The normalized spacial score (nSPS) is 22.1. The minimum Gasteiger partial charge on any atom is -0.310 e. The molecule has 0 N–H and O–H groups in total. The van der Waals surface area contributed by atoms with E-state index in [1.165, 1.54) is 11.1 Å². The van der Waals surface area contributed by atoms with E-state index in [2.05, 4.69) is 22.0 Å². The van der Waals surface area contributed by atoms with Gasteiger partial charge < -0.3 is 4.90 Å². The third kappa shape index (κ3) is 2.99. The topological polar surface area (TPSA) is 56.8 Å². The van der Waals surface area contributed by atoms with Crippen LogP contribution >= 0.6 is 11.3 Å². The molecule has 1 aliphatic carbocycles. The zero-order valence-corrected chi connectivity index (χ0v) is 17.5. The van der Waals surface area contributed by atoms with Gasteiger partial charge in [-0.25, -0.2) is 9.78 Å². The van der Waals surface area contributed by atoms with Crippen molar-refractivity contribution in [3.05, 3.63) is 52.0 Å². The van der Waals surface area contributed by atoms with Crippen molar-refractivity contribution in [2.24, 2.45) is 0 Å². The number of thiazole rings is 1. The van der Waals surface area contributed by atoms with E-state index >= 15 is 0 Å². The van der Waals surface area contributed by atoms with Gasteiger partial charge in [0.15, 0.2) is 0 Å². The summed E-state index contributed by atoms with van der Waals surface area (Å²) in [4.78, 5) is 37.1. The first-order chi connectivity index (χ1) is 14.1. The molecule has 0 saturated carbocycles. The summed E-state index contributed by atoms with van der Waals surface area (Å²) in [6, 6.07) is 8.16. The second kappa shape index (κ2) is 7.22. The minimum atomic E-state index is -0.667. The number of rotatable bonds is 4. The molecule has 3 amide bonds. The molecule has 3 aliphatic rings. The van der Waals surface area contributed by atoms with Crippen molar-refractivity contribution >= 4 is 23.3 Å². The van der Waals surface area contributed by atoms with Crippen molar-refractivity contribution in [2.45, 2.75) is 50.7 Å². The number of imide groups is 1. The molecule has 29 heavy (non-hydrogen) atoms. The van der Waals surface area contributed by atoms with Crippen LogP contribution in [0.4, 0.5) is 4.79 Å². The highest BCUT2D eigenvalue weighted by Gasteiger charge is 2.59. The first kappa shape index (κ1) is 18.8. The lowest BCUT2D eigenvalue weighted by Crippen LogP contribution is -2.56. The molecule has 1 aromatic carbocycles. The minimum absolute atomic E-state index is 0.0241. The highest BCUT2D eigenvalue weighted by atomic mass is 32.1. The number of amides is 3. The average molecular weight is 411 g/mol. The van der Waals surface area contributed by atoms with Crippen LogP contribution in [0.25, 0.3) is 0 Å². The van der Waals surface area contributed by atoms with Crippen LogP contribution in [0.3, 0.4) is 0 Å². The summed E-state index contributed by atoms with van der Waals surface area (Å²) in [6.45, 7) is 5.01. The van der Waals surface area contributed by atoms with Gasteiger partial charge in [0.1, 0.15) is 10.5 Å². The lowest BCUT2D eigenvalue weighted by molar-refractivity contribution is -0.137. The molecule has 7 heteroatoms. The highest BCUT2D eigenvalue weighted by Crippen LogP contribution is 2.40. The van der Waals surface area contributed by atoms with Gasteiger partial charge in [-0.1, -0.05) is 24.3 Å². The molecular formula is C22H26N4O2S. The Kier molecular flexibility index (Phi) is 4.67. The predicted octanol–water partition coefficient (Wildman–Crippen LogP) is 2.93. The molecule has 6 nitrogen and oxygen atoms in total. The number of carbonyl (C=O) groups is 2. The Bertz CT molecular complexity index is 896. The van der Waals surface area contributed by atoms with Crippen LogP contribution in [0.5, 0.6) is 0 Å². The number of urea groups is 1. The lowest BCUT2D eigenvalue weighted by Gasteiger charge is -2.41. The molecular weight excluding hydrogens is 384 g/mol. The second-order valence-corrected chi connectivity index (χ2v) is 9.25. The molecule has 2 aromatic rings. The summed E-state index contributed by atoms with van der Waals surface area (Å²) in [7, 11) is 0. The largest absolute Gasteiger partial charge is 0.327 e. The summed E-state index contributed by atoms with van der Waals surface area (Å²) in [5.74, 6) is 0.0241.